The number of ether oxygens (including phenoxy) is 1. The highest BCUT2D eigenvalue weighted by Crippen LogP contribution is 2.22. The molecule has 1 unspecified atom stereocenters. The number of carbonyl (C=O) groups excluding carboxylic acids is 2. The second-order valence-corrected chi connectivity index (χ2v) is 6.96. The van der Waals surface area contributed by atoms with Crippen molar-refractivity contribution in [2.75, 3.05) is 25.0 Å². The normalized spacial score (nSPS) is 17.1. The summed E-state index contributed by atoms with van der Waals surface area (Å²) in [6.45, 7) is 4.24. The van der Waals surface area contributed by atoms with Crippen molar-refractivity contribution in [2.45, 2.75) is 26.3 Å². The van der Waals surface area contributed by atoms with Crippen LogP contribution in [-0.2, 0) is 16.1 Å². The molecule has 6 heteroatoms. The summed E-state index contributed by atoms with van der Waals surface area (Å²) in [6.07, 6.45) is 1.71. The number of hydrogen-bond acceptors (Lipinski definition) is 4. The molecule has 0 bridgehead atoms. The fraction of sp³-hybridized carbons (Fsp3) is 0.364. The standard InChI is InChI=1S/C22H25FN2O3/c1-2-28-22(27)19-7-3-4-8-20(19)24-21(26)17-6-5-13-25(15-17)14-16-9-11-18(23)12-10-16/h3-4,7-12,17H,2,5-6,13-15H2,1H3,(H,24,26). The van der Waals surface area contributed by atoms with E-state index in [1.807, 2.05) is 0 Å². The Balaban J connectivity index is 1.63. The maximum absolute atomic E-state index is 13.1. The van der Waals surface area contributed by atoms with Gasteiger partial charge in [0.1, 0.15) is 5.82 Å². The van der Waals surface area contributed by atoms with Crippen LogP contribution in [-0.4, -0.2) is 36.5 Å². The summed E-state index contributed by atoms with van der Waals surface area (Å²) in [5, 5.41) is 2.90. The minimum Gasteiger partial charge on any atom is -0.462 e. The molecule has 1 N–H and O–H groups in total. The van der Waals surface area contributed by atoms with E-state index in [0.717, 1.165) is 24.9 Å². The molecule has 1 aliphatic heterocycles. The monoisotopic (exact) mass is 384 g/mol. The fourth-order valence-corrected chi connectivity index (χ4v) is 3.47. The van der Waals surface area contributed by atoms with Crippen LogP contribution in [0.3, 0.4) is 0 Å². The smallest absolute Gasteiger partial charge is 0.340 e. The summed E-state index contributed by atoms with van der Waals surface area (Å²) in [4.78, 5) is 27.1. The summed E-state index contributed by atoms with van der Waals surface area (Å²) in [5.74, 6) is -0.954. The molecule has 28 heavy (non-hydrogen) atoms. The van der Waals surface area contributed by atoms with Crippen LogP contribution in [0.15, 0.2) is 48.5 Å². The number of likely N-dealkylation sites (tertiary alicyclic amines) is 1. The first kappa shape index (κ1) is 20.0. The Bertz CT molecular complexity index is 823. The number of esters is 1. The van der Waals surface area contributed by atoms with Crippen molar-refractivity contribution in [3.05, 3.63) is 65.5 Å². The van der Waals surface area contributed by atoms with Crippen molar-refractivity contribution in [2.24, 2.45) is 5.92 Å². The Morgan fingerprint density at radius 1 is 1.18 bits per heavy atom. The first-order chi connectivity index (χ1) is 13.6. The van der Waals surface area contributed by atoms with E-state index in [4.69, 9.17) is 4.74 Å². The third-order valence-corrected chi connectivity index (χ3v) is 4.88. The maximum atomic E-state index is 13.1. The summed E-state index contributed by atoms with van der Waals surface area (Å²) >= 11 is 0. The van der Waals surface area contributed by atoms with E-state index in [0.29, 0.717) is 24.3 Å². The first-order valence-corrected chi connectivity index (χ1v) is 9.60. The number of nitrogens with zero attached hydrogens (tertiary/aromatic N) is 1. The number of carbonyl (C=O) groups is 2. The van der Waals surface area contributed by atoms with Gasteiger partial charge < -0.3 is 10.1 Å². The number of halogens is 1. The van der Waals surface area contributed by atoms with Gasteiger partial charge in [-0.3, -0.25) is 9.69 Å². The van der Waals surface area contributed by atoms with Gasteiger partial charge in [0.15, 0.2) is 0 Å². The maximum Gasteiger partial charge on any atom is 0.340 e. The summed E-state index contributed by atoms with van der Waals surface area (Å²) in [5.41, 5.74) is 1.86. The van der Waals surface area contributed by atoms with Crippen molar-refractivity contribution in [3.63, 3.8) is 0 Å². The predicted molar refractivity (Wildman–Crippen MR) is 105 cm³/mol. The molecule has 0 radical (unpaired) electrons. The van der Waals surface area contributed by atoms with Crippen LogP contribution in [0, 0.1) is 11.7 Å². The van der Waals surface area contributed by atoms with Crippen molar-refractivity contribution < 1.29 is 18.7 Å². The van der Waals surface area contributed by atoms with Gasteiger partial charge in [0.2, 0.25) is 5.91 Å². The zero-order valence-electron chi connectivity index (χ0n) is 16.0. The Labute approximate surface area is 164 Å². The molecule has 5 nitrogen and oxygen atoms in total. The van der Waals surface area contributed by atoms with Gasteiger partial charge in [-0.1, -0.05) is 24.3 Å². The minimum absolute atomic E-state index is 0.0967. The van der Waals surface area contributed by atoms with Crippen LogP contribution in [0.2, 0.25) is 0 Å². The lowest BCUT2D eigenvalue weighted by Crippen LogP contribution is -2.40. The lowest BCUT2D eigenvalue weighted by Gasteiger charge is -2.32. The molecular formula is C22H25FN2O3. The predicted octanol–water partition coefficient (Wildman–Crippen LogP) is 3.85. The molecule has 1 aliphatic rings. The Hall–Kier alpha value is -2.73. The van der Waals surface area contributed by atoms with Gasteiger partial charge in [-0.2, -0.15) is 0 Å². The van der Waals surface area contributed by atoms with Crippen LogP contribution in [0.25, 0.3) is 0 Å². The lowest BCUT2D eigenvalue weighted by molar-refractivity contribution is -0.121. The molecule has 2 aromatic carbocycles. The molecular weight excluding hydrogens is 359 g/mol. The average Bonchev–Trinajstić information content (AvgIpc) is 2.70. The van der Waals surface area contributed by atoms with Crippen LogP contribution in [0.5, 0.6) is 0 Å². The Morgan fingerprint density at radius 3 is 2.68 bits per heavy atom. The van der Waals surface area contributed by atoms with E-state index in [-0.39, 0.29) is 24.2 Å². The second-order valence-electron chi connectivity index (χ2n) is 6.96. The largest absolute Gasteiger partial charge is 0.462 e. The molecule has 0 aromatic heterocycles. The molecule has 1 atom stereocenters. The van der Waals surface area contributed by atoms with E-state index in [2.05, 4.69) is 10.2 Å². The van der Waals surface area contributed by atoms with Crippen molar-refractivity contribution in [1.82, 2.24) is 4.90 Å². The molecule has 3 rings (SSSR count). The fourth-order valence-electron chi connectivity index (χ4n) is 3.47. The lowest BCUT2D eigenvalue weighted by atomic mass is 9.96. The molecule has 1 fully saturated rings. The van der Waals surface area contributed by atoms with E-state index >= 15 is 0 Å². The molecule has 1 saturated heterocycles. The van der Waals surface area contributed by atoms with E-state index in [9.17, 15) is 14.0 Å². The number of anilines is 1. The third kappa shape index (κ3) is 5.16. The van der Waals surface area contributed by atoms with Gasteiger partial charge in [0.25, 0.3) is 0 Å². The van der Waals surface area contributed by atoms with Gasteiger partial charge in [0.05, 0.1) is 23.8 Å². The molecule has 148 valence electrons. The van der Waals surface area contributed by atoms with Crippen LogP contribution < -0.4 is 5.32 Å². The van der Waals surface area contributed by atoms with Gasteiger partial charge in [0, 0.05) is 13.1 Å². The summed E-state index contributed by atoms with van der Waals surface area (Å²) in [6, 6.07) is 13.3. The molecule has 1 amide bonds. The molecule has 2 aromatic rings. The quantitative estimate of drug-likeness (QED) is 0.769. The van der Waals surface area contributed by atoms with Crippen molar-refractivity contribution in [3.8, 4) is 0 Å². The number of para-hydroxylation sites is 1. The topological polar surface area (TPSA) is 58.6 Å². The van der Waals surface area contributed by atoms with E-state index in [1.165, 1.54) is 12.1 Å². The minimum atomic E-state index is -0.444. The highest BCUT2D eigenvalue weighted by Gasteiger charge is 2.26. The van der Waals surface area contributed by atoms with Crippen molar-refractivity contribution >= 4 is 17.6 Å². The first-order valence-electron chi connectivity index (χ1n) is 9.60. The van der Waals surface area contributed by atoms with E-state index < -0.39 is 5.97 Å². The van der Waals surface area contributed by atoms with Gasteiger partial charge in [-0.25, -0.2) is 9.18 Å². The molecule has 0 spiro atoms. The van der Waals surface area contributed by atoms with Crippen LogP contribution in [0.1, 0.15) is 35.7 Å². The second kappa shape index (κ2) is 9.46. The average molecular weight is 384 g/mol. The molecule has 1 heterocycles. The van der Waals surface area contributed by atoms with Crippen LogP contribution in [0.4, 0.5) is 10.1 Å². The zero-order chi connectivity index (χ0) is 19.9. The number of benzene rings is 2. The Morgan fingerprint density at radius 2 is 1.93 bits per heavy atom. The molecule has 0 aliphatic carbocycles. The molecule has 0 saturated carbocycles. The highest BCUT2D eigenvalue weighted by atomic mass is 19.1. The summed E-state index contributed by atoms with van der Waals surface area (Å²) < 4.78 is 18.1. The number of hydrogen-bond donors (Lipinski definition) is 1. The van der Waals surface area contributed by atoms with Gasteiger partial charge >= 0.3 is 5.97 Å². The summed E-state index contributed by atoms with van der Waals surface area (Å²) in [7, 11) is 0. The Kier molecular flexibility index (Phi) is 6.76. The van der Waals surface area contributed by atoms with E-state index in [1.54, 1.807) is 43.3 Å². The zero-order valence-corrected chi connectivity index (χ0v) is 16.0. The van der Waals surface area contributed by atoms with Gasteiger partial charge in [-0.15, -0.1) is 0 Å². The number of rotatable bonds is 6. The highest BCUT2D eigenvalue weighted by molar-refractivity contribution is 6.01. The van der Waals surface area contributed by atoms with Crippen LogP contribution >= 0.6 is 0 Å². The number of piperidine rings is 1. The third-order valence-electron chi connectivity index (χ3n) is 4.88. The number of nitrogens with one attached hydrogen (secondary N) is 1. The number of amides is 1. The SMILES string of the molecule is CCOC(=O)c1ccccc1NC(=O)C1CCCN(Cc2ccc(F)cc2)C1. The van der Waals surface area contributed by atoms with Crippen molar-refractivity contribution in [1.29, 1.82) is 0 Å². The van der Waals surface area contributed by atoms with Gasteiger partial charge in [-0.05, 0) is 56.1 Å².